The summed E-state index contributed by atoms with van der Waals surface area (Å²) in [5.41, 5.74) is 5.30. The van der Waals surface area contributed by atoms with Gasteiger partial charge in [0.05, 0.1) is 11.0 Å². The molecule has 2 aromatic carbocycles. The summed E-state index contributed by atoms with van der Waals surface area (Å²) < 4.78 is 3.12. The molecule has 0 fully saturated rings. The van der Waals surface area contributed by atoms with Crippen LogP contribution in [0.3, 0.4) is 0 Å². The number of carbonyl (C=O) groups is 1. The van der Waals surface area contributed by atoms with Crippen LogP contribution in [0, 0.1) is 13.8 Å². The van der Waals surface area contributed by atoms with Crippen molar-refractivity contribution >= 4 is 22.5 Å². The molecule has 0 saturated heterocycles. The van der Waals surface area contributed by atoms with Gasteiger partial charge in [-0.2, -0.15) is 5.10 Å². The molecule has 0 unspecified atom stereocenters. The Hall–Kier alpha value is -3.41. The first kappa shape index (κ1) is 17.0. The molecular formula is C21H20N4O2. The van der Waals surface area contributed by atoms with Gasteiger partial charge in [-0.05, 0) is 37.1 Å². The minimum absolute atomic E-state index is 0.185. The lowest BCUT2D eigenvalue weighted by Crippen LogP contribution is -2.23. The summed E-state index contributed by atoms with van der Waals surface area (Å²) in [6.07, 6.45) is 0. The summed E-state index contributed by atoms with van der Waals surface area (Å²) in [5, 5.41) is 7.29. The van der Waals surface area contributed by atoms with Crippen molar-refractivity contribution in [1.29, 1.82) is 0 Å². The molecule has 1 amide bonds. The summed E-state index contributed by atoms with van der Waals surface area (Å²) >= 11 is 0. The first-order valence-corrected chi connectivity index (χ1v) is 8.77. The van der Waals surface area contributed by atoms with Crippen molar-refractivity contribution in [3.63, 3.8) is 0 Å². The number of nitrogens with one attached hydrogen (secondary N) is 1. The van der Waals surface area contributed by atoms with Crippen LogP contribution in [-0.2, 0) is 13.6 Å². The van der Waals surface area contributed by atoms with Gasteiger partial charge in [-0.1, -0.05) is 35.9 Å². The van der Waals surface area contributed by atoms with Crippen LogP contribution < -0.4 is 10.9 Å². The summed E-state index contributed by atoms with van der Waals surface area (Å²) in [7, 11) is 1.72. The Labute approximate surface area is 156 Å². The number of fused-ring (bicyclic) bond motifs is 3. The van der Waals surface area contributed by atoms with Crippen LogP contribution in [0.1, 0.15) is 27.2 Å². The van der Waals surface area contributed by atoms with Gasteiger partial charge < -0.3 is 9.88 Å². The third kappa shape index (κ3) is 2.89. The molecule has 6 heteroatoms. The first-order valence-electron chi connectivity index (χ1n) is 8.77. The molecule has 4 aromatic rings. The van der Waals surface area contributed by atoms with Crippen LogP contribution in [0.5, 0.6) is 0 Å². The normalized spacial score (nSPS) is 11.2. The van der Waals surface area contributed by atoms with Crippen molar-refractivity contribution < 1.29 is 4.79 Å². The average molecular weight is 360 g/mol. The summed E-state index contributed by atoms with van der Waals surface area (Å²) in [4.78, 5) is 25.2. The van der Waals surface area contributed by atoms with E-state index >= 15 is 0 Å². The van der Waals surface area contributed by atoms with Gasteiger partial charge in [0.15, 0.2) is 5.69 Å². The number of benzene rings is 2. The van der Waals surface area contributed by atoms with E-state index < -0.39 is 0 Å². The number of hydrogen-bond donors (Lipinski definition) is 1. The lowest BCUT2D eigenvalue weighted by molar-refractivity contribution is 0.0945. The maximum atomic E-state index is 12.6. The quantitative estimate of drug-likeness (QED) is 0.611. The minimum atomic E-state index is -0.300. The molecule has 136 valence electrons. The van der Waals surface area contributed by atoms with E-state index in [0.717, 1.165) is 27.7 Å². The van der Waals surface area contributed by atoms with Gasteiger partial charge in [-0.25, -0.2) is 4.52 Å². The second kappa shape index (κ2) is 6.39. The Balaban J connectivity index is 1.71. The predicted molar refractivity (Wildman–Crippen MR) is 105 cm³/mol. The molecule has 0 atom stereocenters. The van der Waals surface area contributed by atoms with Crippen LogP contribution in [0.2, 0.25) is 0 Å². The lowest BCUT2D eigenvalue weighted by atomic mass is 10.1. The number of aryl methyl sites for hydroxylation is 3. The summed E-state index contributed by atoms with van der Waals surface area (Å²) in [6.45, 7) is 4.45. The lowest BCUT2D eigenvalue weighted by Gasteiger charge is -2.08. The molecule has 1 N–H and O–H groups in total. The highest BCUT2D eigenvalue weighted by atomic mass is 16.2. The highest BCUT2D eigenvalue weighted by molar-refractivity contribution is 5.94. The van der Waals surface area contributed by atoms with Gasteiger partial charge in [0, 0.05) is 19.7 Å². The Bertz CT molecular complexity index is 1250. The Morgan fingerprint density at radius 1 is 1.04 bits per heavy atom. The maximum Gasteiger partial charge on any atom is 0.276 e. The molecule has 2 aromatic heterocycles. The molecule has 0 bridgehead atoms. The Morgan fingerprint density at radius 2 is 1.78 bits per heavy atom. The van der Waals surface area contributed by atoms with Crippen molar-refractivity contribution in [3.8, 4) is 0 Å². The van der Waals surface area contributed by atoms with Crippen LogP contribution in [0.15, 0.2) is 53.3 Å². The second-order valence-electron chi connectivity index (χ2n) is 6.79. The zero-order chi connectivity index (χ0) is 19.1. The van der Waals surface area contributed by atoms with Crippen molar-refractivity contribution in [3.05, 3.63) is 81.3 Å². The largest absolute Gasteiger partial charge is 0.347 e. The second-order valence-corrected chi connectivity index (χ2v) is 6.79. The number of nitrogens with zero attached hydrogens (tertiary/aromatic N) is 3. The van der Waals surface area contributed by atoms with E-state index in [0.29, 0.717) is 12.1 Å². The van der Waals surface area contributed by atoms with Crippen LogP contribution in [0.4, 0.5) is 0 Å². The molecular weight excluding hydrogens is 340 g/mol. The van der Waals surface area contributed by atoms with Gasteiger partial charge in [-0.3, -0.25) is 9.59 Å². The first-order chi connectivity index (χ1) is 13.0. The van der Waals surface area contributed by atoms with Crippen LogP contribution in [0.25, 0.3) is 16.6 Å². The van der Waals surface area contributed by atoms with Gasteiger partial charge in [-0.15, -0.1) is 0 Å². The number of hydrogen-bond acceptors (Lipinski definition) is 3. The molecule has 4 rings (SSSR count). The molecule has 0 aliphatic heterocycles. The van der Waals surface area contributed by atoms with Gasteiger partial charge >= 0.3 is 0 Å². The fraction of sp³-hybridized carbons (Fsp3) is 0.190. The van der Waals surface area contributed by atoms with Crippen molar-refractivity contribution in [1.82, 2.24) is 19.5 Å². The number of amides is 1. The number of para-hydroxylation sites is 2. The molecule has 0 aliphatic rings. The average Bonchev–Trinajstić information content (AvgIpc) is 3.12. The number of aromatic nitrogens is 3. The van der Waals surface area contributed by atoms with Crippen LogP contribution >= 0.6 is 0 Å². The highest BCUT2D eigenvalue weighted by Crippen LogP contribution is 2.15. The fourth-order valence-corrected chi connectivity index (χ4v) is 3.29. The third-order valence-electron chi connectivity index (χ3n) is 4.88. The Kier molecular flexibility index (Phi) is 4.03. The van der Waals surface area contributed by atoms with E-state index in [2.05, 4.69) is 16.5 Å². The molecule has 0 aliphatic carbocycles. The number of carbonyl (C=O) groups excluding carboxylic acids is 1. The fourth-order valence-electron chi connectivity index (χ4n) is 3.29. The van der Waals surface area contributed by atoms with E-state index in [1.165, 1.54) is 0 Å². The molecule has 0 spiro atoms. The van der Waals surface area contributed by atoms with E-state index in [9.17, 15) is 9.59 Å². The van der Waals surface area contributed by atoms with E-state index in [1.807, 2.05) is 50.2 Å². The predicted octanol–water partition coefficient (Wildman–Crippen LogP) is 2.73. The van der Waals surface area contributed by atoms with Gasteiger partial charge in [0.25, 0.3) is 11.5 Å². The van der Waals surface area contributed by atoms with E-state index in [1.54, 1.807) is 22.2 Å². The topological polar surface area (TPSA) is 68.4 Å². The SMILES string of the molecule is Cc1ccc(C)c(CNC(=O)c2cc3c(=O)n(C)c4ccccc4n3n2)c1. The van der Waals surface area contributed by atoms with E-state index in [-0.39, 0.29) is 17.2 Å². The summed E-state index contributed by atoms with van der Waals surface area (Å²) in [6, 6.07) is 15.2. The maximum absolute atomic E-state index is 12.6. The van der Waals surface area contributed by atoms with Gasteiger partial charge in [0.2, 0.25) is 0 Å². The number of rotatable bonds is 3. The van der Waals surface area contributed by atoms with Crippen molar-refractivity contribution in [2.75, 3.05) is 0 Å². The Morgan fingerprint density at radius 3 is 2.56 bits per heavy atom. The standard InChI is InChI=1S/C21H20N4O2/c1-13-8-9-14(2)15(10-13)12-22-20(26)16-11-19-21(27)24(3)17-6-4-5-7-18(17)25(19)23-16/h4-11H,12H2,1-3H3,(H,22,26). The molecule has 6 nitrogen and oxygen atoms in total. The highest BCUT2D eigenvalue weighted by Gasteiger charge is 2.16. The molecule has 0 radical (unpaired) electrons. The third-order valence-corrected chi connectivity index (χ3v) is 4.88. The van der Waals surface area contributed by atoms with Crippen molar-refractivity contribution in [2.24, 2.45) is 7.05 Å². The zero-order valence-electron chi connectivity index (χ0n) is 15.5. The van der Waals surface area contributed by atoms with Crippen molar-refractivity contribution in [2.45, 2.75) is 20.4 Å². The van der Waals surface area contributed by atoms with Crippen LogP contribution in [-0.4, -0.2) is 20.1 Å². The molecule has 2 heterocycles. The van der Waals surface area contributed by atoms with E-state index in [4.69, 9.17) is 0 Å². The molecule has 0 saturated carbocycles. The smallest absolute Gasteiger partial charge is 0.276 e. The minimum Gasteiger partial charge on any atom is -0.347 e. The van der Waals surface area contributed by atoms with Gasteiger partial charge in [0.1, 0.15) is 5.52 Å². The molecule has 27 heavy (non-hydrogen) atoms. The zero-order valence-corrected chi connectivity index (χ0v) is 15.5. The summed E-state index contributed by atoms with van der Waals surface area (Å²) in [5.74, 6) is -0.300. The monoisotopic (exact) mass is 360 g/mol.